The summed E-state index contributed by atoms with van der Waals surface area (Å²) in [4.78, 5) is 22.3. The molecule has 156 valence electrons. The van der Waals surface area contributed by atoms with Gasteiger partial charge in [0, 0.05) is 25.5 Å². The highest BCUT2D eigenvalue weighted by atomic mass is 16.3. The van der Waals surface area contributed by atoms with Crippen LogP contribution in [-0.4, -0.2) is 40.0 Å². The van der Waals surface area contributed by atoms with Crippen LogP contribution in [0, 0.1) is 12.8 Å². The smallest absolute Gasteiger partial charge is 0.289 e. The average molecular weight is 405 g/mol. The Morgan fingerprint density at radius 1 is 1.23 bits per heavy atom. The third-order valence-corrected chi connectivity index (χ3v) is 6.44. The number of aryl methyl sites for hydroxylation is 1. The predicted octanol–water partition coefficient (Wildman–Crippen LogP) is 4.38. The van der Waals surface area contributed by atoms with E-state index >= 15 is 0 Å². The number of furan rings is 1. The van der Waals surface area contributed by atoms with Crippen molar-refractivity contribution in [2.45, 2.75) is 39.2 Å². The second-order valence-electron chi connectivity index (χ2n) is 8.86. The summed E-state index contributed by atoms with van der Waals surface area (Å²) in [5.74, 6) is 2.72. The van der Waals surface area contributed by atoms with E-state index in [0.29, 0.717) is 24.8 Å². The number of carbonyl (C=O) groups excluding carboxylic acids is 1. The zero-order valence-corrected chi connectivity index (χ0v) is 17.8. The summed E-state index contributed by atoms with van der Waals surface area (Å²) in [5.41, 5.74) is 2.10. The molecule has 3 aromatic heterocycles. The van der Waals surface area contributed by atoms with Crippen molar-refractivity contribution >= 4 is 11.6 Å². The third kappa shape index (κ3) is 2.85. The van der Waals surface area contributed by atoms with E-state index in [4.69, 9.17) is 9.40 Å². The van der Waals surface area contributed by atoms with E-state index in [-0.39, 0.29) is 11.4 Å². The zero-order chi connectivity index (χ0) is 20.9. The van der Waals surface area contributed by atoms with E-state index in [1.54, 1.807) is 6.07 Å². The van der Waals surface area contributed by atoms with Crippen LogP contribution in [0.4, 0.5) is 5.69 Å². The first-order chi connectivity index (χ1) is 14.5. The molecule has 0 N–H and O–H groups in total. The molecule has 0 aromatic carbocycles. The van der Waals surface area contributed by atoms with Gasteiger partial charge in [0.2, 0.25) is 0 Å². The van der Waals surface area contributed by atoms with Gasteiger partial charge in [-0.1, -0.05) is 13.8 Å². The summed E-state index contributed by atoms with van der Waals surface area (Å²) in [6, 6.07) is 12.1. The van der Waals surface area contributed by atoms with Gasteiger partial charge in [-0.3, -0.25) is 4.79 Å². The van der Waals surface area contributed by atoms with E-state index in [0.717, 1.165) is 36.7 Å². The number of hydrogen-bond acceptors (Lipinski definition) is 4. The highest BCUT2D eigenvalue weighted by molar-refractivity contribution is 5.92. The van der Waals surface area contributed by atoms with E-state index in [1.807, 2.05) is 30.2 Å². The van der Waals surface area contributed by atoms with E-state index in [1.165, 1.54) is 5.69 Å². The first-order valence-corrected chi connectivity index (χ1v) is 10.8. The summed E-state index contributed by atoms with van der Waals surface area (Å²) < 4.78 is 7.83. The number of rotatable bonds is 4. The van der Waals surface area contributed by atoms with Crippen LogP contribution in [0.1, 0.15) is 48.7 Å². The van der Waals surface area contributed by atoms with Crippen molar-refractivity contribution < 1.29 is 9.21 Å². The van der Waals surface area contributed by atoms with Crippen LogP contribution >= 0.6 is 0 Å². The Kier molecular flexibility index (Phi) is 4.45. The monoisotopic (exact) mass is 404 g/mol. The number of pyridine rings is 1. The SMILES string of the molecule is Cc1ccc(C(=O)N2CC[C@]3(C2)c2cccn2-c2ncccc2N3CCC(C)C)o1. The Balaban J connectivity index is 1.56. The quantitative estimate of drug-likeness (QED) is 0.648. The first kappa shape index (κ1) is 19.0. The molecule has 5 rings (SSSR count). The molecular formula is C24H28N4O2. The molecule has 1 atom stereocenters. The highest BCUT2D eigenvalue weighted by Gasteiger charge is 2.51. The Morgan fingerprint density at radius 3 is 2.87 bits per heavy atom. The van der Waals surface area contributed by atoms with E-state index < -0.39 is 0 Å². The van der Waals surface area contributed by atoms with Crippen molar-refractivity contribution in [1.82, 2.24) is 14.5 Å². The molecule has 1 amide bonds. The lowest BCUT2D eigenvalue weighted by molar-refractivity contribution is 0.0749. The fraction of sp³-hybridized carbons (Fsp3) is 0.417. The van der Waals surface area contributed by atoms with E-state index in [2.05, 4.69) is 47.7 Å². The van der Waals surface area contributed by atoms with Crippen LogP contribution in [0.25, 0.3) is 5.82 Å². The lowest BCUT2D eigenvalue weighted by Gasteiger charge is -2.47. The number of fused-ring (bicyclic) bond motifs is 4. The fourth-order valence-corrected chi connectivity index (χ4v) is 4.92. The summed E-state index contributed by atoms with van der Waals surface area (Å²) in [6.07, 6.45) is 5.91. The van der Waals surface area contributed by atoms with Crippen molar-refractivity contribution in [3.63, 3.8) is 0 Å². The molecule has 0 aliphatic carbocycles. The largest absolute Gasteiger partial charge is 0.456 e. The van der Waals surface area contributed by atoms with Crippen LogP contribution in [0.2, 0.25) is 0 Å². The molecule has 1 saturated heterocycles. The molecule has 0 bridgehead atoms. The molecule has 30 heavy (non-hydrogen) atoms. The molecule has 0 unspecified atom stereocenters. The molecule has 2 aliphatic heterocycles. The second-order valence-corrected chi connectivity index (χ2v) is 8.86. The van der Waals surface area contributed by atoms with Crippen LogP contribution in [-0.2, 0) is 5.54 Å². The van der Waals surface area contributed by atoms with Crippen LogP contribution in [0.3, 0.4) is 0 Å². The van der Waals surface area contributed by atoms with Gasteiger partial charge in [0.15, 0.2) is 11.6 Å². The minimum atomic E-state index is -0.258. The van der Waals surface area contributed by atoms with Gasteiger partial charge in [0.1, 0.15) is 11.3 Å². The van der Waals surface area contributed by atoms with Crippen molar-refractivity contribution in [3.8, 4) is 5.82 Å². The Labute approximate surface area is 177 Å². The van der Waals surface area contributed by atoms with Crippen LogP contribution in [0.5, 0.6) is 0 Å². The van der Waals surface area contributed by atoms with Crippen LogP contribution in [0.15, 0.2) is 53.2 Å². The average Bonchev–Trinajstić information content (AvgIpc) is 3.47. The fourth-order valence-electron chi connectivity index (χ4n) is 4.92. The Morgan fingerprint density at radius 2 is 2.10 bits per heavy atom. The lowest BCUT2D eigenvalue weighted by Crippen LogP contribution is -2.53. The first-order valence-electron chi connectivity index (χ1n) is 10.8. The van der Waals surface area contributed by atoms with Crippen molar-refractivity contribution in [1.29, 1.82) is 0 Å². The van der Waals surface area contributed by atoms with Crippen molar-refractivity contribution in [3.05, 3.63) is 66.0 Å². The van der Waals surface area contributed by atoms with Crippen molar-refractivity contribution in [2.75, 3.05) is 24.5 Å². The van der Waals surface area contributed by atoms with E-state index in [9.17, 15) is 4.79 Å². The molecule has 6 nitrogen and oxygen atoms in total. The van der Waals surface area contributed by atoms with Gasteiger partial charge in [0.25, 0.3) is 5.91 Å². The molecule has 1 fully saturated rings. The molecular weight excluding hydrogens is 376 g/mol. The molecule has 6 heteroatoms. The molecule has 2 aliphatic rings. The van der Waals surface area contributed by atoms with Crippen molar-refractivity contribution in [2.24, 2.45) is 5.92 Å². The molecule has 5 heterocycles. The standard InChI is InChI=1S/C24H28N4O2/c1-17(2)10-14-28-19-6-4-12-25-22(19)27-13-5-7-21(27)24(28)11-15-26(16-24)23(29)20-9-8-18(3)30-20/h4-9,12-13,17H,10-11,14-16H2,1-3H3/t24-/m0/s1. The Bertz CT molecular complexity index is 1080. The number of aromatic nitrogens is 2. The lowest BCUT2D eigenvalue weighted by atomic mass is 9.88. The predicted molar refractivity (Wildman–Crippen MR) is 116 cm³/mol. The zero-order valence-electron chi connectivity index (χ0n) is 17.8. The maximum atomic E-state index is 13.1. The summed E-state index contributed by atoms with van der Waals surface area (Å²) in [6.45, 7) is 8.66. The van der Waals surface area contributed by atoms with Gasteiger partial charge >= 0.3 is 0 Å². The number of anilines is 1. The molecule has 0 radical (unpaired) electrons. The van der Waals surface area contributed by atoms with Gasteiger partial charge in [-0.15, -0.1) is 0 Å². The Hall–Kier alpha value is -3.02. The second kappa shape index (κ2) is 7.04. The van der Waals surface area contributed by atoms with Gasteiger partial charge in [-0.05, 0) is 62.1 Å². The molecule has 0 saturated carbocycles. The normalized spacial score (nSPS) is 20.1. The summed E-state index contributed by atoms with van der Waals surface area (Å²) in [7, 11) is 0. The number of carbonyl (C=O) groups is 1. The number of hydrogen-bond donors (Lipinski definition) is 0. The number of nitrogens with zero attached hydrogens (tertiary/aromatic N) is 4. The summed E-state index contributed by atoms with van der Waals surface area (Å²) >= 11 is 0. The number of likely N-dealkylation sites (tertiary alicyclic amines) is 1. The van der Waals surface area contributed by atoms with Gasteiger partial charge in [0.05, 0.1) is 17.9 Å². The third-order valence-electron chi connectivity index (χ3n) is 6.44. The van der Waals surface area contributed by atoms with Gasteiger partial charge in [-0.2, -0.15) is 0 Å². The van der Waals surface area contributed by atoms with Gasteiger partial charge in [-0.25, -0.2) is 4.98 Å². The minimum Gasteiger partial charge on any atom is -0.456 e. The minimum absolute atomic E-state index is 0.0288. The molecule has 3 aromatic rings. The highest BCUT2D eigenvalue weighted by Crippen LogP contribution is 2.47. The maximum Gasteiger partial charge on any atom is 0.289 e. The topological polar surface area (TPSA) is 54.5 Å². The maximum absolute atomic E-state index is 13.1. The summed E-state index contributed by atoms with van der Waals surface area (Å²) in [5, 5.41) is 0. The van der Waals surface area contributed by atoms with Gasteiger partial charge < -0.3 is 18.8 Å². The van der Waals surface area contributed by atoms with Crippen LogP contribution < -0.4 is 4.90 Å². The molecule has 1 spiro atoms. The number of amides is 1.